The first-order valence-electron chi connectivity index (χ1n) is 11.5. The van der Waals surface area contributed by atoms with Crippen molar-refractivity contribution in [3.05, 3.63) is 87.9 Å². The Bertz CT molecular complexity index is 1130. The number of carbonyl (C=O) groups is 2. The normalized spacial score (nSPS) is 15.2. The number of hydrogen-bond acceptors (Lipinski definition) is 4. The van der Waals surface area contributed by atoms with E-state index in [9.17, 15) is 14.0 Å². The van der Waals surface area contributed by atoms with Gasteiger partial charge in [-0.3, -0.25) is 9.59 Å². The van der Waals surface area contributed by atoms with E-state index in [1.54, 1.807) is 51.5 Å². The summed E-state index contributed by atoms with van der Waals surface area (Å²) in [7, 11) is 0. The Morgan fingerprint density at radius 1 is 1.12 bits per heavy atom. The molecule has 0 saturated carbocycles. The van der Waals surface area contributed by atoms with Gasteiger partial charge in [-0.2, -0.15) is 0 Å². The van der Waals surface area contributed by atoms with Crippen molar-refractivity contribution < 1.29 is 18.7 Å². The molecule has 3 aromatic rings. The van der Waals surface area contributed by atoms with E-state index in [0.717, 1.165) is 12.0 Å². The van der Waals surface area contributed by atoms with Gasteiger partial charge >= 0.3 is 0 Å². The second-order valence-corrected chi connectivity index (χ2v) is 9.84. The molecule has 0 saturated heterocycles. The largest absolute Gasteiger partial charge is 0.488 e. The second-order valence-electron chi connectivity index (χ2n) is 8.84. The lowest BCUT2D eigenvalue weighted by molar-refractivity contribution is -0.135. The minimum absolute atomic E-state index is 0.0123. The third-order valence-corrected chi connectivity index (χ3v) is 6.86. The van der Waals surface area contributed by atoms with E-state index in [-0.39, 0.29) is 42.7 Å². The summed E-state index contributed by atoms with van der Waals surface area (Å²) in [5.74, 6) is -0.347. The Labute approximate surface area is 203 Å². The minimum Gasteiger partial charge on any atom is -0.488 e. The highest BCUT2D eigenvalue weighted by atomic mass is 32.1. The smallest absolute Gasteiger partial charge is 0.254 e. The van der Waals surface area contributed by atoms with Crippen LogP contribution >= 0.6 is 11.3 Å². The third kappa shape index (κ3) is 5.47. The Hall–Kier alpha value is -3.19. The SMILES string of the molecule is CC(C)CN(CC(=O)N1CCc2sccc2C1COc1ccccc1F)C(=O)c1ccccc1. The van der Waals surface area contributed by atoms with Crippen LogP contribution in [-0.2, 0) is 11.2 Å². The van der Waals surface area contributed by atoms with Crippen molar-refractivity contribution in [3.63, 3.8) is 0 Å². The van der Waals surface area contributed by atoms with Gasteiger partial charge in [-0.25, -0.2) is 4.39 Å². The number of para-hydroxylation sites is 1. The average molecular weight is 481 g/mol. The van der Waals surface area contributed by atoms with Gasteiger partial charge in [-0.15, -0.1) is 11.3 Å². The third-order valence-electron chi connectivity index (χ3n) is 5.87. The molecule has 1 aromatic heterocycles. The molecule has 2 amide bonds. The van der Waals surface area contributed by atoms with E-state index < -0.39 is 5.82 Å². The van der Waals surface area contributed by atoms with Gasteiger partial charge < -0.3 is 14.5 Å². The van der Waals surface area contributed by atoms with E-state index in [2.05, 4.69) is 0 Å². The van der Waals surface area contributed by atoms with Gasteiger partial charge in [-0.05, 0) is 53.6 Å². The summed E-state index contributed by atoms with van der Waals surface area (Å²) in [4.78, 5) is 31.3. The van der Waals surface area contributed by atoms with Crippen LogP contribution in [0.1, 0.15) is 40.7 Å². The van der Waals surface area contributed by atoms with Gasteiger partial charge in [0.15, 0.2) is 11.6 Å². The van der Waals surface area contributed by atoms with Crippen LogP contribution in [0.3, 0.4) is 0 Å². The van der Waals surface area contributed by atoms with Gasteiger partial charge in [0.2, 0.25) is 5.91 Å². The van der Waals surface area contributed by atoms with Crippen LogP contribution in [0.5, 0.6) is 5.75 Å². The molecule has 7 heteroatoms. The lowest BCUT2D eigenvalue weighted by Gasteiger charge is -2.37. The summed E-state index contributed by atoms with van der Waals surface area (Å²) in [5.41, 5.74) is 1.60. The van der Waals surface area contributed by atoms with E-state index in [1.807, 2.05) is 43.5 Å². The number of nitrogens with zero attached hydrogens (tertiary/aromatic N) is 2. The molecule has 1 atom stereocenters. The zero-order valence-corrected chi connectivity index (χ0v) is 20.3. The maximum absolute atomic E-state index is 14.1. The number of carbonyl (C=O) groups excluding carboxylic acids is 2. The van der Waals surface area contributed by atoms with Crippen molar-refractivity contribution in [3.8, 4) is 5.75 Å². The van der Waals surface area contributed by atoms with Crippen molar-refractivity contribution >= 4 is 23.2 Å². The zero-order valence-electron chi connectivity index (χ0n) is 19.4. The second kappa shape index (κ2) is 10.8. The van der Waals surface area contributed by atoms with Gasteiger partial charge in [0, 0.05) is 23.5 Å². The molecule has 0 N–H and O–H groups in total. The summed E-state index contributed by atoms with van der Waals surface area (Å²) in [6.07, 6.45) is 0.756. The monoisotopic (exact) mass is 480 g/mol. The first kappa shape index (κ1) is 24.0. The maximum Gasteiger partial charge on any atom is 0.254 e. The highest BCUT2D eigenvalue weighted by molar-refractivity contribution is 7.10. The lowest BCUT2D eigenvalue weighted by Crippen LogP contribution is -2.48. The molecular weight excluding hydrogens is 451 g/mol. The van der Waals surface area contributed by atoms with Crippen LogP contribution in [0.4, 0.5) is 4.39 Å². The van der Waals surface area contributed by atoms with Gasteiger partial charge in [0.25, 0.3) is 5.91 Å². The highest BCUT2D eigenvalue weighted by Gasteiger charge is 2.34. The highest BCUT2D eigenvalue weighted by Crippen LogP contribution is 2.34. The van der Waals surface area contributed by atoms with Crippen LogP contribution < -0.4 is 4.74 Å². The summed E-state index contributed by atoms with van der Waals surface area (Å²) in [6.45, 7) is 5.20. The van der Waals surface area contributed by atoms with E-state index in [1.165, 1.54) is 10.9 Å². The molecular formula is C27H29FN2O3S. The summed E-state index contributed by atoms with van der Waals surface area (Å²) in [6, 6.07) is 17.0. The number of rotatable bonds is 8. The molecule has 0 aliphatic carbocycles. The van der Waals surface area contributed by atoms with E-state index >= 15 is 0 Å². The standard InChI is InChI=1S/C27H29FN2O3S/c1-19(2)16-29(27(32)20-8-4-3-5-9-20)17-26(31)30-14-12-25-21(13-15-34-25)23(30)18-33-24-11-7-6-10-22(24)28/h3-11,13,15,19,23H,12,14,16-18H2,1-2H3. The first-order valence-corrected chi connectivity index (χ1v) is 12.4. The van der Waals surface area contributed by atoms with E-state index in [0.29, 0.717) is 18.7 Å². The summed E-state index contributed by atoms with van der Waals surface area (Å²) >= 11 is 1.66. The van der Waals surface area contributed by atoms with Gasteiger partial charge in [0.1, 0.15) is 13.2 Å². The fourth-order valence-electron chi connectivity index (χ4n) is 4.28. The van der Waals surface area contributed by atoms with Crippen LogP contribution in [0.15, 0.2) is 66.0 Å². The molecule has 1 unspecified atom stereocenters. The number of halogens is 1. The Balaban J connectivity index is 1.54. The average Bonchev–Trinajstić information content (AvgIpc) is 3.32. The molecule has 178 valence electrons. The number of fused-ring (bicyclic) bond motifs is 1. The molecule has 1 aliphatic rings. The summed E-state index contributed by atoms with van der Waals surface area (Å²) in [5, 5.41) is 2.01. The quantitative estimate of drug-likeness (QED) is 0.446. The lowest BCUT2D eigenvalue weighted by atomic mass is 10.00. The Morgan fingerprint density at radius 3 is 2.59 bits per heavy atom. The topological polar surface area (TPSA) is 49.9 Å². The molecule has 4 rings (SSSR count). The maximum atomic E-state index is 14.1. The fourth-order valence-corrected chi connectivity index (χ4v) is 5.21. The number of hydrogen-bond donors (Lipinski definition) is 0. The number of thiophene rings is 1. The van der Waals surface area contributed by atoms with Crippen LogP contribution in [0, 0.1) is 11.7 Å². The molecule has 2 aromatic carbocycles. The predicted octanol–water partition coefficient (Wildman–Crippen LogP) is 5.19. The molecule has 0 bridgehead atoms. The van der Waals surface area contributed by atoms with Crippen molar-refractivity contribution in [1.82, 2.24) is 9.80 Å². The van der Waals surface area contributed by atoms with E-state index in [4.69, 9.17) is 4.74 Å². The van der Waals surface area contributed by atoms with Crippen LogP contribution in [0.2, 0.25) is 0 Å². The van der Waals surface area contributed by atoms with Crippen molar-refractivity contribution in [1.29, 1.82) is 0 Å². The van der Waals surface area contributed by atoms with Crippen LogP contribution in [0.25, 0.3) is 0 Å². The number of amides is 2. The molecule has 1 aliphatic heterocycles. The Kier molecular flexibility index (Phi) is 7.63. The zero-order chi connectivity index (χ0) is 24.1. The molecule has 5 nitrogen and oxygen atoms in total. The van der Waals surface area contributed by atoms with Gasteiger partial charge in [-0.1, -0.05) is 44.2 Å². The van der Waals surface area contributed by atoms with Crippen molar-refractivity contribution in [2.24, 2.45) is 5.92 Å². The first-order chi connectivity index (χ1) is 16.4. The summed E-state index contributed by atoms with van der Waals surface area (Å²) < 4.78 is 20.0. The number of benzene rings is 2. The Morgan fingerprint density at radius 2 is 1.85 bits per heavy atom. The van der Waals surface area contributed by atoms with Gasteiger partial charge in [0.05, 0.1) is 6.04 Å². The molecule has 2 heterocycles. The van der Waals surface area contributed by atoms with Crippen molar-refractivity contribution in [2.45, 2.75) is 26.3 Å². The molecule has 0 spiro atoms. The molecule has 0 radical (unpaired) electrons. The minimum atomic E-state index is -0.432. The predicted molar refractivity (Wildman–Crippen MR) is 132 cm³/mol. The van der Waals surface area contributed by atoms with Crippen LogP contribution in [-0.4, -0.2) is 47.9 Å². The molecule has 34 heavy (non-hydrogen) atoms. The molecule has 0 fully saturated rings. The van der Waals surface area contributed by atoms with Crippen molar-refractivity contribution in [2.75, 3.05) is 26.2 Å². The fraction of sp³-hybridized carbons (Fsp3) is 0.333. The number of ether oxygens (including phenoxy) is 1.